The smallest absolute Gasteiger partial charge is 0.452 e. The third kappa shape index (κ3) is 5.10. The first-order chi connectivity index (χ1) is 9.88. The van der Waals surface area contributed by atoms with Crippen LogP contribution in [-0.4, -0.2) is 32.3 Å². The van der Waals surface area contributed by atoms with Gasteiger partial charge in [0.05, 0.1) is 18.7 Å². The third-order valence-corrected chi connectivity index (χ3v) is 2.18. The first kappa shape index (κ1) is 16.4. The Morgan fingerprint density at radius 1 is 1.33 bits per heavy atom. The third-order valence-electron chi connectivity index (χ3n) is 2.18. The maximum atomic E-state index is 12.0. The molecule has 0 saturated carbocycles. The largest absolute Gasteiger partial charge is 0.493 e. The highest BCUT2D eigenvalue weighted by Gasteiger charge is 2.34. The Balaban J connectivity index is 2.49. The van der Waals surface area contributed by atoms with Crippen molar-refractivity contribution in [2.75, 3.05) is 20.3 Å². The molecule has 1 aromatic rings. The standard InChI is InChI=1S/C12H12F3N3O3/c1-19-10-6-8(7-16)2-3-9(10)20-4-5-21-18-11(17)12(13,14)15/h2-3,6H,4-5H2,1H3,(H2,17,18). The Bertz CT molecular complexity index is 553. The van der Waals surface area contributed by atoms with Crippen LogP contribution in [-0.2, 0) is 4.84 Å². The summed E-state index contributed by atoms with van der Waals surface area (Å²) in [5.74, 6) is -0.918. The van der Waals surface area contributed by atoms with E-state index in [0.29, 0.717) is 17.1 Å². The van der Waals surface area contributed by atoms with Crippen molar-refractivity contribution < 1.29 is 27.5 Å². The second-order valence-corrected chi connectivity index (χ2v) is 3.63. The molecule has 9 heteroatoms. The summed E-state index contributed by atoms with van der Waals surface area (Å²) in [4.78, 5) is 4.39. The van der Waals surface area contributed by atoms with Crippen molar-refractivity contribution in [2.24, 2.45) is 10.9 Å². The zero-order valence-electron chi connectivity index (χ0n) is 11.0. The molecule has 0 heterocycles. The minimum absolute atomic E-state index is 0.0725. The second kappa shape index (κ2) is 7.23. The summed E-state index contributed by atoms with van der Waals surface area (Å²) in [5.41, 5.74) is 5.02. The number of nitriles is 1. The van der Waals surface area contributed by atoms with Crippen LogP contribution in [0.3, 0.4) is 0 Å². The monoisotopic (exact) mass is 303 g/mol. The molecule has 0 spiro atoms. The van der Waals surface area contributed by atoms with E-state index >= 15 is 0 Å². The van der Waals surface area contributed by atoms with Crippen LogP contribution >= 0.6 is 0 Å². The predicted octanol–water partition coefficient (Wildman–Crippen LogP) is 1.80. The van der Waals surface area contributed by atoms with Crippen molar-refractivity contribution in [2.45, 2.75) is 6.18 Å². The Labute approximate surface area is 118 Å². The maximum absolute atomic E-state index is 12.0. The highest BCUT2D eigenvalue weighted by atomic mass is 19.4. The van der Waals surface area contributed by atoms with Crippen molar-refractivity contribution in [1.82, 2.24) is 0 Å². The van der Waals surface area contributed by atoms with Crippen molar-refractivity contribution in [3.05, 3.63) is 23.8 Å². The van der Waals surface area contributed by atoms with Gasteiger partial charge in [-0.15, -0.1) is 0 Å². The number of halogens is 3. The first-order valence-electron chi connectivity index (χ1n) is 5.62. The first-order valence-corrected chi connectivity index (χ1v) is 5.62. The van der Waals surface area contributed by atoms with Crippen LogP contribution < -0.4 is 15.2 Å². The number of rotatable bonds is 6. The van der Waals surface area contributed by atoms with E-state index in [9.17, 15) is 13.2 Å². The SMILES string of the molecule is COc1cc(C#N)ccc1OCCON=C(N)C(F)(F)F. The molecule has 114 valence electrons. The molecule has 21 heavy (non-hydrogen) atoms. The van der Waals surface area contributed by atoms with Crippen LogP contribution in [0.5, 0.6) is 11.5 Å². The van der Waals surface area contributed by atoms with Gasteiger partial charge in [0.2, 0.25) is 5.84 Å². The lowest BCUT2D eigenvalue weighted by Gasteiger charge is -2.10. The summed E-state index contributed by atoms with van der Waals surface area (Å²) in [6, 6.07) is 6.42. The van der Waals surface area contributed by atoms with Gasteiger partial charge in [0.15, 0.2) is 18.1 Å². The van der Waals surface area contributed by atoms with Crippen molar-refractivity contribution in [3.8, 4) is 17.6 Å². The fraction of sp³-hybridized carbons (Fsp3) is 0.333. The van der Waals surface area contributed by atoms with E-state index in [1.165, 1.54) is 25.3 Å². The molecule has 2 N–H and O–H groups in total. The van der Waals surface area contributed by atoms with Crippen molar-refractivity contribution in [1.29, 1.82) is 5.26 Å². The number of methoxy groups -OCH3 is 1. The number of hydrogen-bond donors (Lipinski definition) is 1. The Morgan fingerprint density at radius 3 is 2.62 bits per heavy atom. The topological polar surface area (TPSA) is 89.9 Å². The number of amidine groups is 1. The molecule has 0 aliphatic carbocycles. The van der Waals surface area contributed by atoms with E-state index in [-0.39, 0.29) is 13.2 Å². The van der Waals surface area contributed by atoms with Gasteiger partial charge < -0.3 is 20.0 Å². The molecule has 1 rings (SSSR count). The highest BCUT2D eigenvalue weighted by Crippen LogP contribution is 2.27. The lowest BCUT2D eigenvalue weighted by atomic mass is 10.2. The number of nitrogens with two attached hydrogens (primary N) is 1. The summed E-state index contributed by atoms with van der Waals surface area (Å²) in [5, 5.41) is 11.4. The Morgan fingerprint density at radius 2 is 2.05 bits per heavy atom. The molecule has 0 aromatic heterocycles. The maximum Gasteiger partial charge on any atom is 0.452 e. The van der Waals surface area contributed by atoms with E-state index in [1.807, 2.05) is 6.07 Å². The van der Waals surface area contributed by atoms with E-state index in [4.69, 9.17) is 14.7 Å². The summed E-state index contributed by atoms with van der Waals surface area (Å²) in [6.07, 6.45) is -4.72. The number of oxime groups is 1. The van der Waals surface area contributed by atoms with Crippen LogP contribution in [0.1, 0.15) is 5.56 Å². The number of alkyl halides is 3. The van der Waals surface area contributed by atoms with Gasteiger partial charge >= 0.3 is 6.18 Å². The quantitative estimate of drug-likeness (QED) is 0.374. The van der Waals surface area contributed by atoms with E-state index < -0.39 is 12.0 Å². The van der Waals surface area contributed by atoms with E-state index in [2.05, 4.69) is 15.7 Å². The molecule has 0 radical (unpaired) electrons. The van der Waals surface area contributed by atoms with Gasteiger partial charge in [-0.05, 0) is 12.1 Å². The van der Waals surface area contributed by atoms with Gasteiger partial charge in [0, 0.05) is 6.07 Å². The molecule has 0 atom stereocenters. The van der Waals surface area contributed by atoms with E-state index in [0.717, 1.165) is 0 Å². The molecule has 0 fully saturated rings. The molecule has 6 nitrogen and oxygen atoms in total. The van der Waals surface area contributed by atoms with Crippen LogP contribution in [0.4, 0.5) is 13.2 Å². The zero-order valence-corrected chi connectivity index (χ0v) is 11.0. The molecule has 0 saturated heterocycles. The molecule has 0 aliphatic heterocycles. The number of benzene rings is 1. The molecule has 0 unspecified atom stereocenters. The molecule has 0 amide bonds. The second-order valence-electron chi connectivity index (χ2n) is 3.63. The zero-order chi connectivity index (χ0) is 15.9. The average Bonchev–Trinajstić information content (AvgIpc) is 2.45. The van der Waals surface area contributed by atoms with Gasteiger partial charge in [-0.25, -0.2) is 0 Å². The van der Waals surface area contributed by atoms with Gasteiger partial charge in [-0.1, -0.05) is 5.16 Å². The summed E-state index contributed by atoms with van der Waals surface area (Å²) >= 11 is 0. The van der Waals surface area contributed by atoms with Crippen LogP contribution in [0.2, 0.25) is 0 Å². The highest BCUT2D eigenvalue weighted by molar-refractivity contribution is 5.85. The van der Waals surface area contributed by atoms with E-state index in [1.54, 1.807) is 0 Å². The average molecular weight is 303 g/mol. The normalized spacial score (nSPS) is 11.7. The Kier molecular flexibility index (Phi) is 5.66. The number of hydrogen-bond acceptors (Lipinski definition) is 5. The molecule has 1 aromatic carbocycles. The summed E-state index contributed by atoms with van der Waals surface area (Å²) in [7, 11) is 1.40. The summed E-state index contributed by atoms with van der Waals surface area (Å²) < 4.78 is 46.2. The van der Waals surface area contributed by atoms with Gasteiger partial charge in [0.1, 0.15) is 6.61 Å². The fourth-order valence-electron chi connectivity index (χ4n) is 1.21. The molecule has 0 bridgehead atoms. The van der Waals surface area contributed by atoms with Crippen molar-refractivity contribution >= 4 is 5.84 Å². The fourth-order valence-corrected chi connectivity index (χ4v) is 1.21. The summed E-state index contributed by atoms with van der Waals surface area (Å²) in [6.45, 7) is -0.309. The predicted molar refractivity (Wildman–Crippen MR) is 66.8 cm³/mol. The van der Waals surface area contributed by atoms with Gasteiger partial charge in [-0.3, -0.25) is 0 Å². The lowest BCUT2D eigenvalue weighted by Crippen LogP contribution is -2.31. The van der Waals surface area contributed by atoms with Gasteiger partial charge in [-0.2, -0.15) is 18.4 Å². The minimum atomic E-state index is -4.72. The Hall–Kier alpha value is -2.63. The molecule has 0 aliphatic rings. The molecular formula is C12H12F3N3O3. The van der Waals surface area contributed by atoms with Crippen LogP contribution in [0, 0.1) is 11.3 Å². The van der Waals surface area contributed by atoms with Gasteiger partial charge in [0.25, 0.3) is 0 Å². The minimum Gasteiger partial charge on any atom is -0.493 e. The van der Waals surface area contributed by atoms with Crippen LogP contribution in [0.25, 0.3) is 0 Å². The van der Waals surface area contributed by atoms with Crippen LogP contribution in [0.15, 0.2) is 23.4 Å². The van der Waals surface area contributed by atoms with Crippen molar-refractivity contribution in [3.63, 3.8) is 0 Å². The number of ether oxygens (including phenoxy) is 2. The number of nitrogens with zero attached hydrogens (tertiary/aromatic N) is 2. The molecular weight excluding hydrogens is 291 g/mol. The lowest BCUT2D eigenvalue weighted by molar-refractivity contribution is -0.0637.